The van der Waals surface area contributed by atoms with E-state index in [1.165, 1.54) is 6.07 Å². The molecule has 15 heavy (non-hydrogen) atoms. The van der Waals surface area contributed by atoms with Gasteiger partial charge in [-0.15, -0.1) is 0 Å². The van der Waals surface area contributed by atoms with Crippen LogP contribution in [0.1, 0.15) is 24.9 Å². The van der Waals surface area contributed by atoms with E-state index in [2.05, 4.69) is 12.2 Å². The van der Waals surface area contributed by atoms with Crippen LogP contribution in [0.5, 0.6) is 5.75 Å². The number of hydrogen-bond donors (Lipinski definition) is 1. The fourth-order valence-corrected chi connectivity index (χ4v) is 2.13. The van der Waals surface area contributed by atoms with Crippen molar-refractivity contribution in [3.8, 4) is 5.75 Å². The van der Waals surface area contributed by atoms with Crippen molar-refractivity contribution in [3.63, 3.8) is 0 Å². The molecular formula is C12H16FNO. The lowest BCUT2D eigenvalue weighted by Gasteiger charge is -2.14. The lowest BCUT2D eigenvalue weighted by atomic mass is 10.0. The topological polar surface area (TPSA) is 21.3 Å². The van der Waals surface area contributed by atoms with Gasteiger partial charge in [0.05, 0.1) is 7.11 Å². The molecular weight excluding hydrogens is 193 g/mol. The maximum Gasteiger partial charge on any atom is 0.123 e. The smallest absolute Gasteiger partial charge is 0.123 e. The molecule has 1 N–H and O–H groups in total. The molecule has 0 aromatic heterocycles. The van der Waals surface area contributed by atoms with Gasteiger partial charge in [-0.1, -0.05) is 6.92 Å². The third kappa shape index (κ3) is 2.12. The molecule has 2 nitrogen and oxygen atoms in total. The molecule has 1 aliphatic rings. The average Bonchev–Trinajstić information content (AvgIpc) is 2.65. The zero-order valence-corrected chi connectivity index (χ0v) is 9.09. The highest BCUT2D eigenvalue weighted by Gasteiger charge is 2.24. The minimum Gasteiger partial charge on any atom is -0.496 e. The molecule has 3 heteroatoms. The van der Waals surface area contributed by atoms with Crippen LogP contribution in [0.2, 0.25) is 0 Å². The van der Waals surface area contributed by atoms with Crippen molar-refractivity contribution in [2.24, 2.45) is 5.92 Å². The Hall–Kier alpha value is -1.09. The molecule has 0 aliphatic carbocycles. The highest BCUT2D eigenvalue weighted by Crippen LogP contribution is 2.33. The second kappa shape index (κ2) is 4.19. The molecule has 0 radical (unpaired) electrons. The first-order valence-electron chi connectivity index (χ1n) is 5.27. The van der Waals surface area contributed by atoms with E-state index in [-0.39, 0.29) is 11.9 Å². The van der Waals surface area contributed by atoms with E-state index in [0.29, 0.717) is 5.92 Å². The summed E-state index contributed by atoms with van der Waals surface area (Å²) in [6.45, 7) is 3.18. The van der Waals surface area contributed by atoms with Crippen molar-refractivity contribution in [1.29, 1.82) is 0 Å². The number of halogens is 1. The molecule has 2 atom stereocenters. The van der Waals surface area contributed by atoms with Gasteiger partial charge < -0.3 is 10.1 Å². The lowest BCUT2D eigenvalue weighted by molar-refractivity contribution is 0.401. The van der Waals surface area contributed by atoms with Gasteiger partial charge in [0.15, 0.2) is 0 Å². The maximum absolute atomic E-state index is 13.2. The summed E-state index contributed by atoms with van der Waals surface area (Å²) < 4.78 is 18.4. The molecule has 0 amide bonds. The summed E-state index contributed by atoms with van der Waals surface area (Å²) in [6, 6.07) is 4.91. The van der Waals surface area contributed by atoms with Gasteiger partial charge in [0, 0.05) is 11.6 Å². The Labute approximate surface area is 89.4 Å². The van der Waals surface area contributed by atoms with Gasteiger partial charge in [0.2, 0.25) is 0 Å². The van der Waals surface area contributed by atoms with Gasteiger partial charge in [-0.25, -0.2) is 4.39 Å². The Morgan fingerprint density at radius 3 is 2.87 bits per heavy atom. The minimum atomic E-state index is -0.202. The van der Waals surface area contributed by atoms with Gasteiger partial charge in [0.1, 0.15) is 11.6 Å². The average molecular weight is 209 g/mol. The Bertz CT molecular complexity index is 353. The van der Waals surface area contributed by atoms with Crippen LogP contribution in [0, 0.1) is 11.7 Å². The van der Waals surface area contributed by atoms with Gasteiger partial charge in [0.25, 0.3) is 0 Å². The van der Waals surface area contributed by atoms with E-state index in [1.807, 2.05) is 0 Å². The van der Waals surface area contributed by atoms with Crippen LogP contribution in [0.4, 0.5) is 4.39 Å². The second-order valence-electron chi connectivity index (χ2n) is 4.19. The summed E-state index contributed by atoms with van der Waals surface area (Å²) in [4.78, 5) is 0. The fraction of sp³-hybridized carbons (Fsp3) is 0.500. The summed E-state index contributed by atoms with van der Waals surface area (Å²) >= 11 is 0. The zero-order chi connectivity index (χ0) is 10.8. The monoisotopic (exact) mass is 209 g/mol. The Balaban J connectivity index is 2.29. The van der Waals surface area contributed by atoms with E-state index in [9.17, 15) is 4.39 Å². The Morgan fingerprint density at radius 1 is 1.47 bits per heavy atom. The molecule has 82 valence electrons. The summed E-state index contributed by atoms with van der Waals surface area (Å²) in [6.07, 6.45) is 1.04. The van der Waals surface area contributed by atoms with Gasteiger partial charge in [-0.2, -0.15) is 0 Å². The van der Waals surface area contributed by atoms with E-state index in [1.54, 1.807) is 19.2 Å². The van der Waals surface area contributed by atoms with Crippen LogP contribution in [0.15, 0.2) is 18.2 Å². The van der Waals surface area contributed by atoms with Gasteiger partial charge >= 0.3 is 0 Å². The number of nitrogens with one attached hydrogen (secondary N) is 1. The van der Waals surface area contributed by atoms with Crippen LogP contribution in [-0.4, -0.2) is 13.7 Å². The standard InChI is InChI=1S/C12H16FNO/c1-8-5-11(14-7-8)10-6-9(13)3-4-12(10)15-2/h3-4,6,8,11,14H,5,7H2,1-2H3/t8-,11+/m1/s1. The van der Waals surface area contributed by atoms with Gasteiger partial charge in [-0.3, -0.25) is 0 Å². The Morgan fingerprint density at radius 2 is 2.27 bits per heavy atom. The number of hydrogen-bond acceptors (Lipinski definition) is 2. The van der Waals surface area contributed by atoms with Crippen molar-refractivity contribution in [2.75, 3.05) is 13.7 Å². The van der Waals surface area contributed by atoms with E-state index in [4.69, 9.17) is 4.74 Å². The summed E-state index contributed by atoms with van der Waals surface area (Å²) in [7, 11) is 1.62. The molecule has 1 aromatic rings. The molecule has 1 aliphatic heterocycles. The predicted octanol–water partition coefficient (Wildman–Crippen LogP) is 2.50. The molecule has 0 unspecified atom stereocenters. The molecule has 0 bridgehead atoms. The normalized spacial score (nSPS) is 25.5. The zero-order valence-electron chi connectivity index (χ0n) is 9.09. The highest BCUT2D eigenvalue weighted by atomic mass is 19.1. The van der Waals surface area contributed by atoms with Crippen LogP contribution in [-0.2, 0) is 0 Å². The van der Waals surface area contributed by atoms with Crippen molar-refractivity contribution in [3.05, 3.63) is 29.6 Å². The van der Waals surface area contributed by atoms with Crippen molar-refractivity contribution in [2.45, 2.75) is 19.4 Å². The largest absolute Gasteiger partial charge is 0.496 e. The number of methoxy groups -OCH3 is 1. The lowest BCUT2D eigenvalue weighted by Crippen LogP contribution is -2.14. The summed E-state index contributed by atoms with van der Waals surface area (Å²) in [5.41, 5.74) is 0.932. The number of ether oxygens (including phenoxy) is 1. The molecule has 2 rings (SSSR count). The van der Waals surface area contributed by atoms with Crippen LogP contribution < -0.4 is 10.1 Å². The number of benzene rings is 1. The molecule has 0 spiro atoms. The first-order valence-corrected chi connectivity index (χ1v) is 5.27. The molecule has 0 saturated carbocycles. The molecule has 1 saturated heterocycles. The van der Waals surface area contributed by atoms with E-state index in [0.717, 1.165) is 24.3 Å². The summed E-state index contributed by atoms with van der Waals surface area (Å²) in [5, 5.41) is 3.38. The first kappa shape index (κ1) is 10.4. The SMILES string of the molecule is COc1ccc(F)cc1[C@@H]1C[C@@H](C)CN1. The predicted molar refractivity (Wildman–Crippen MR) is 57.5 cm³/mol. The second-order valence-corrected chi connectivity index (χ2v) is 4.19. The third-order valence-corrected chi connectivity index (χ3v) is 2.92. The maximum atomic E-state index is 13.2. The minimum absolute atomic E-state index is 0.202. The van der Waals surface area contributed by atoms with Gasteiger partial charge in [-0.05, 0) is 37.1 Å². The third-order valence-electron chi connectivity index (χ3n) is 2.92. The Kier molecular flexibility index (Phi) is 2.91. The van der Waals surface area contributed by atoms with E-state index >= 15 is 0 Å². The number of rotatable bonds is 2. The quantitative estimate of drug-likeness (QED) is 0.808. The van der Waals surface area contributed by atoms with Crippen LogP contribution in [0.3, 0.4) is 0 Å². The first-order chi connectivity index (χ1) is 7.20. The van der Waals surface area contributed by atoms with Crippen LogP contribution >= 0.6 is 0 Å². The van der Waals surface area contributed by atoms with E-state index < -0.39 is 0 Å². The van der Waals surface area contributed by atoms with Crippen molar-refractivity contribution < 1.29 is 9.13 Å². The fourth-order valence-electron chi connectivity index (χ4n) is 2.13. The van der Waals surface area contributed by atoms with Crippen molar-refractivity contribution in [1.82, 2.24) is 5.32 Å². The molecule has 1 heterocycles. The molecule has 1 fully saturated rings. The van der Waals surface area contributed by atoms with Crippen molar-refractivity contribution >= 4 is 0 Å². The summed E-state index contributed by atoms with van der Waals surface area (Å²) in [5.74, 6) is 1.21. The van der Waals surface area contributed by atoms with Crippen LogP contribution in [0.25, 0.3) is 0 Å². The molecule has 1 aromatic carbocycles. The highest BCUT2D eigenvalue weighted by molar-refractivity contribution is 5.37.